The normalized spacial score (nSPS) is 12.0. The lowest BCUT2D eigenvalue weighted by Crippen LogP contribution is -2.23. The molecule has 7 nitrogen and oxygen atoms in total. The molecule has 0 aliphatic heterocycles. The van der Waals surface area contributed by atoms with Gasteiger partial charge in [-0.1, -0.05) is 11.6 Å². The fraction of sp³-hybridized carbons (Fsp3) is 0.200. The number of sulfonamides is 1. The molecule has 0 aromatic carbocycles. The highest BCUT2D eigenvalue weighted by Gasteiger charge is 2.20. The Balaban J connectivity index is 1.71. The van der Waals surface area contributed by atoms with Gasteiger partial charge in [0.15, 0.2) is 5.69 Å². The molecule has 0 unspecified atom stereocenters. The van der Waals surface area contributed by atoms with Crippen molar-refractivity contribution in [3.05, 3.63) is 52.1 Å². The quantitative estimate of drug-likeness (QED) is 0.714. The van der Waals surface area contributed by atoms with E-state index in [1.807, 2.05) is 0 Å². The molecular formula is C15H15ClN4O3S2. The predicted octanol–water partition coefficient (Wildman–Crippen LogP) is 2.23. The number of amides is 1. The number of fused-ring (bicyclic) bond motifs is 1. The van der Waals surface area contributed by atoms with Crippen molar-refractivity contribution in [2.75, 3.05) is 14.1 Å². The molecule has 3 aromatic rings. The van der Waals surface area contributed by atoms with Crippen molar-refractivity contribution < 1.29 is 13.2 Å². The molecule has 0 aliphatic rings. The van der Waals surface area contributed by atoms with E-state index in [2.05, 4.69) is 10.4 Å². The minimum Gasteiger partial charge on any atom is -0.346 e. The number of pyridine rings is 1. The molecule has 3 rings (SSSR count). The monoisotopic (exact) mass is 398 g/mol. The van der Waals surface area contributed by atoms with Gasteiger partial charge >= 0.3 is 0 Å². The lowest BCUT2D eigenvalue weighted by atomic mass is 10.3. The van der Waals surface area contributed by atoms with Crippen LogP contribution < -0.4 is 5.32 Å². The van der Waals surface area contributed by atoms with Crippen molar-refractivity contribution in [2.24, 2.45) is 0 Å². The highest BCUT2D eigenvalue weighted by molar-refractivity contribution is 7.91. The summed E-state index contributed by atoms with van der Waals surface area (Å²) in [6, 6.07) is 8.25. The van der Waals surface area contributed by atoms with Crippen LogP contribution in [0.4, 0.5) is 0 Å². The van der Waals surface area contributed by atoms with Crippen molar-refractivity contribution >= 4 is 44.4 Å². The fourth-order valence-electron chi connectivity index (χ4n) is 2.11. The summed E-state index contributed by atoms with van der Waals surface area (Å²) in [6.07, 6.45) is 1.67. The van der Waals surface area contributed by atoms with Gasteiger partial charge in [0, 0.05) is 30.2 Å². The number of thiophene rings is 1. The Hall–Kier alpha value is -1.94. The summed E-state index contributed by atoms with van der Waals surface area (Å²) in [5, 5.41) is 7.48. The first-order valence-corrected chi connectivity index (χ1v) is 9.85. The summed E-state index contributed by atoms with van der Waals surface area (Å²) >= 11 is 7.04. The largest absolute Gasteiger partial charge is 0.346 e. The maximum absolute atomic E-state index is 12.2. The summed E-state index contributed by atoms with van der Waals surface area (Å²) in [5.74, 6) is -0.342. The Morgan fingerprint density at radius 3 is 2.80 bits per heavy atom. The summed E-state index contributed by atoms with van der Waals surface area (Å²) in [7, 11) is -0.501. The maximum atomic E-state index is 12.2. The average molecular weight is 399 g/mol. The smallest absolute Gasteiger partial charge is 0.272 e. The van der Waals surface area contributed by atoms with Crippen LogP contribution in [0.5, 0.6) is 0 Å². The van der Waals surface area contributed by atoms with Crippen molar-refractivity contribution in [1.82, 2.24) is 19.2 Å². The Bertz CT molecular complexity index is 1040. The average Bonchev–Trinajstić information content (AvgIpc) is 3.19. The lowest BCUT2D eigenvalue weighted by Gasteiger charge is -2.08. The number of aromatic nitrogens is 2. The first-order valence-electron chi connectivity index (χ1n) is 7.22. The second-order valence-electron chi connectivity index (χ2n) is 5.43. The SMILES string of the molecule is CN(C)S(=O)(=O)c1ccc(CNC(=O)c2cc3cc(Cl)ccn3n2)s1. The zero-order valence-electron chi connectivity index (χ0n) is 13.4. The minimum absolute atomic E-state index is 0.223. The molecular weight excluding hydrogens is 384 g/mol. The van der Waals surface area contributed by atoms with Crippen molar-refractivity contribution in [3.8, 4) is 0 Å². The lowest BCUT2D eigenvalue weighted by molar-refractivity contribution is 0.0946. The molecule has 0 bridgehead atoms. The molecule has 3 aromatic heterocycles. The number of carbonyl (C=O) groups is 1. The Labute approximate surface area is 153 Å². The van der Waals surface area contributed by atoms with Gasteiger partial charge in [0.25, 0.3) is 15.9 Å². The first kappa shape index (κ1) is 17.9. The number of hydrogen-bond acceptors (Lipinski definition) is 5. The van der Waals surface area contributed by atoms with Crippen LogP contribution in [0.1, 0.15) is 15.4 Å². The molecule has 3 heterocycles. The molecule has 10 heteroatoms. The van der Waals surface area contributed by atoms with Crippen molar-refractivity contribution in [3.63, 3.8) is 0 Å². The molecule has 1 amide bonds. The minimum atomic E-state index is -3.46. The van der Waals surface area contributed by atoms with Crippen molar-refractivity contribution in [2.45, 2.75) is 10.8 Å². The van der Waals surface area contributed by atoms with E-state index >= 15 is 0 Å². The fourth-order valence-corrected chi connectivity index (χ4v) is 4.74. The molecule has 0 radical (unpaired) electrons. The van der Waals surface area contributed by atoms with Gasteiger partial charge in [-0.15, -0.1) is 11.3 Å². The number of nitrogens with one attached hydrogen (secondary N) is 1. The summed E-state index contributed by atoms with van der Waals surface area (Å²) < 4.78 is 27.1. The van der Waals surface area contributed by atoms with E-state index in [1.165, 1.54) is 20.2 Å². The van der Waals surface area contributed by atoms with Crippen LogP contribution in [0.2, 0.25) is 5.02 Å². The van der Waals surface area contributed by atoms with Gasteiger partial charge in [0.1, 0.15) is 4.21 Å². The molecule has 25 heavy (non-hydrogen) atoms. The third-order valence-electron chi connectivity index (χ3n) is 3.45. The molecule has 0 atom stereocenters. The van der Waals surface area contributed by atoms with E-state index in [0.29, 0.717) is 10.5 Å². The second kappa shape index (κ2) is 6.75. The highest BCUT2D eigenvalue weighted by Crippen LogP contribution is 2.23. The Kier molecular flexibility index (Phi) is 4.83. The van der Waals surface area contributed by atoms with Crippen LogP contribution >= 0.6 is 22.9 Å². The van der Waals surface area contributed by atoms with Gasteiger partial charge in [0.05, 0.1) is 12.1 Å². The summed E-state index contributed by atoms with van der Waals surface area (Å²) in [4.78, 5) is 13.0. The van der Waals surface area contributed by atoms with Gasteiger partial charge in [-0.05, 0) is 30.3 Å². The number of rotatable bonds is 5. The van der Waals surface area contributed by atoms with Crippen molar-refractivity contribution in [1.29, 1.82) is 0 Å². The van der Waals surface area contributed by atoms with E-state index in [4.69, 9.17) is 11.6 Å². The summed E-state index contributed by atoms with van der Waals surface area (Å²) in [6.45, 7) is 0.223. The summed E-state index contributed by atoms with van der Waals surface area (Å²) in [5.41, 5.74) is 0.980. The van der Waals surface area contributed by atoms with Gasteiger partial charge in [0.2, 0.25) is 0 Å². The first-order chi connectivity index (χ1) is 11.8. The van der Waals surface area contributed by atoms with Gasteiger partial charge < -0.3 is 5.32 Å². The van der Waals surface area contributed by atoms with E-state index < -0.39 is 10.0 Å². The Morgan fingerprint density at radius 2 is 2.08 bits per heavy atom. The number of halogens is 1. The van der Waals surface area contributed by atoms with Gasteiger partial charge in [-0.25, -0.2) is 17.2 Å². The van der Waals surface area contributed by atoms with Gasteiger partial charge in [-0.2, -0.15) is 5.10 Å². The number of nitrogens with zero attached hydrogens (tertiary/aromatic N) is 3. The zero-order valence-corrected chi connectivity index (χ0v) is 15.8. The molecule has 132 valence electrons. The Morgan fingerprint density at radius 1 is 1.32 bits per heavy atom. The highest BCUT2D eigenvalue weighted by atomic mass is 35.5. The molecule has 0 fully saturated rings. The molecule has 1 N–H and O–H groups in total. The third-order valence-corrected chi connectivity index (χ3v) is 7.06. The van der Waals surface area contributed by atoms with E-state index in [9.17, 15) is 13.2 Å². The zero-order chi connectivity index (χ0) is 18.2. The van der Waals surface area contributed by atoms with Crippen LogP contribution in [0.25, 0.3) is 5.52 Å². The second-order valence-corrected chi connectivity index (χ2v) is 9.42. The maximum Gasteiger partial charge on any atom is 0.272 e. The van der Waals surface area contributed by atoms with E-state index in [1.54, 1.807) is 35.0 Å². The standard InChI is InChI=1S/C15H15ClN4O3S2/c1-19(2)25(22,23)14-4-3-12(24-14)9-17-15(21)13-8-11-7-10(16)5-6-20(11)18-13/h3-8H,9H2,1-2H3,(H,17,21). The third kappa shape index (κ3) is 3.69. The predicted molar refractivity (Wildman–Crippen MR) is 96.6 cm³/mol. The molecule has 0 aliphatic carbocycles. The van der Waals surface area contributed by atoms with Crippen LogP contribution in [0.15, 0.2) is 40.7 Å². The van der Waals surface area contributed by atoms with Crippen LogP contribution in [0.3, 0.4) is 0 Å². The van der Waals surface area contributed by atoms with Gasteiger partial charge in [-0.3, -0.25) is 4.79 Å². The number of carbonyl (C=O) groups excluding carboxylic acids is 1. The topological polar surface area (TPSA) is 83.8 Å². The molecule has 0 saturated heterocycles. The number of hydrogen-bond donors (Lipinski definition) is 1. The van der Waals surface area contributed by atoms with Crippen LogP contribution in [-0.4, -0.2) is 42.3 Å². The van der Waals surface area contributed by atoms with Crippen LogP contribution in [-0.2, 0) is 16.6 Å². The molecule has 0 saturated carbocycles. The molecule has 0 spiro atoms. The van der Waals surface area contributed by atoms with Crippen LogP contribution in [0, 0.1) is 0 Å². The van der Waals surface area contributed by atoms with E-state index in [0.717, 1.165) is 20.5 Å². The van der Waals surface area contributed by atoms with E-state index in [-0.39, 0.29) is 22.4 Å².